The lowest BCUT2D eigenvalue weighted by Crippen LogP contribution is -2.38. The molecule has 0 amide bonds. The number of rotatable bonds is 6. The van der Waals surface area contributed by atoms with Gasteiger partial charge in [0.2, 0.25) is 0 Å². The zero-order valence-corrected chi connectivity index (χ0v) is 36.9. The molecule has 0 atom stereocenters. The van der Waals surface area contributed by atoms with Crippen LogP contribution in [0.4, 0.5) is 0 Å². The maximum Gasteiger partial charge on any atom is -0.00159 e. The number of piperidine rings is 3. The summed E-state index contributed by atoms with van der Waals surface area (Å²) in [6.07, 6.45) is 19.7. The Morgan fingerprint density at radius 2 is 0.531 bits per heavy atom. The Labute approximate surface area is 311 Å². The molecule has 0 aromatic rings. The minimum absolute atomic E-state index is 0.526. The molecule has 0 N–H and O–H groups in total. The van der Waals surface area contributed by atoms with Crippen molar-refractivity contribution in [3.05, 3.63) is 0 Å². The molecule has 4 rings (SSSR count). The number of hydrogen-bond acceptors (Lipinski definition) is 3. The van der Waals surface area contributed by atoms with E-state index >= 15 is 0 Å². The third-order valence-electron chi connectivity index (χ3n) is 12.9. The first-order valence-electron chi connectivity index (χ1n) is 21.9. The van der Waals surface area contributed by atoms with Gasteiger partial charge in [-0.15, -0.1) is 0 Å². The average Bonchev–Trinajstić information content (AvgIpc) is 3.02. The fraction of sp³-hybridized carbons (Fsp3) is 1.00. The van der Waals surface area contributed by atoms with Gasteiger partial charge in [0.15, 0.2) is 0 Å². The van der Waals surface area contributed by atoms with Gasteiger partial charge >= 0.3 is 0 Å². The van der Waals surface area contributed by atoms with Crippen LogP contribution in [0.2, 0.25) is 0 Å². The highest BCUT2D eigenvalue weighted by Gasteiger charge is 2.30. The van der Waals surface area contributed by atoms with E-state index in [9.17, 15) is 0 Å². The fourth-order valence-corrected chi connectivity index (χ4v) is 8.99. The van der Waals surface area contributed by atoms with Gasteiger partial charge in [0.25, 0.3) is 0 Å². The quantitative estimate of drug-likeness (QED) is 0.275. The summed E-state index contributed by atoms with van der Waals surface area (Å²) in [5.41, 5.74) is 2.15. The van der Waals surface area contributed by atoms with Crippen LogP contribution in [0.3, 0.4) is 0 Å². The number of hydrogen-bond donors (Lipinski definition) is 0. The van der Waals surface area contributed by atoms with Crippen molar-refractivity contribution in [3.8, 4) is 0 Å². The second-order valence-electron chi connectivity index (χ2n) is 21.1. The summed E-state index contributed by atoms with van der Waals surface area (Å²) in [6, 6.07) is 0. The molecule has 294 valence electrons. The Balaban J connectivity index is 0.000000328. The van der Waals surface area contributed by atoms with E-state index in [0.29, 0.717) is 21.7 Å². The van der Waals surface area contributed by atoms with E-state index in [0.717, 1.165) is 23.7 Å². The minimum atomic E-state index is 0.526. The average molecular weight is 690 g/mol. The molecule has 0 radical (unpaired) electrons. The molecule has 0 spiro atoms. The zero-order valence-electron chi connectivity index (χ0n) is 36.9. The van der Waals surface area contributed by atoms with Gasteiger partial charge in [0.1, 0.15) is 0 Å². The highest BCUT2D eigenvalue weighted by Crippen LogP contribution is 2.38. The summed E-state index contributed by atoms with van der Waals surface area (Å²) < 4.78 is 0. The minimum Gasteiger partial charge on any atom is -0.303 e. The smallest absolute Gasteiger partial charge is 0.00159 e. The maximum absolute atomic E-state index is 2.61. The summed E-state index contributed by atoms with van der Waals surface area (Å²) in [6.45, 7) is 47.3. The second kappa shape index (κ2) is 22.8. The lowest BCUT2D eigenvalue weighted by molar-refractivity contribution is 0.112. The van der Waals surface area contributed by atoms with E-state index in [1.807, 2.05) is 0 Å². The molecule has 0 unspecified atom stereocenters. The van der Waals surface area contributed by atoms with Crippen LogP contribution in [-0.4, -0.2) is 73.6 Å². The molecule has 3 heterocycles. The lowest BCUT2D eigenvalue weighted by atomic mass is 9.72. The van der Waals surface area contributed by atoms with Crippen molar-refractivity contribution in [2.75, 3.05) is 58.9 Å². The Morgan fingerprint density at radius 3 is 0.694 bits per heavy atom. The maximum atomic E-state index is 2.61. The standard InChI is InChI=1S/3C12H25N.C10H20/c3*1-5-8-13-9-6-11(7-10-13)12(2,3)4;1-10(2,3)9-7-5-4-6-8-9/h3*11H,5-10H2,1-4H3;9H,4-8H2,1-3H3. The first kappa shape index (κ1) is 46.9. The predicted molar refractivity (Wildman–Crippen MR) is 223 cm³/mol. The van der Waals surface area contributed by atoms with Crippen molar-refractivity contribution in [2.24, 2.45) is 45.3 Å². The molecule has 0 aromatic carbocycles. The molecule has 3 nitrogen and oxygen atoms in total. The molecule has 1 aliphatic carbocycles. The fourth-order valence-electron chi connectivity index (χ4n) is 8.99. The van der Waals surface area contributed by atoms with E-state index in [2.05, 4.69) is 119 Å². The molecule has 4 aliphatic rings. The molecule has 3 saturated heterocycles. The van der Waals surface area contributed by atoms with Crippen molar-refractivity contribution in [1.29, 1.82) is 0 Å². The summed E-state index contributed by atoms with van der Waals surface area (Å²) in [7, 11) is 0. The summed E-state index contributed by atoms with van der Waals surface area (Å²) in [4.78, 5) is 7.84. The molecule has 1 saturated carbocycles. The first-order valence-corrected chi connectivity index (χ1v) is 21.9. The van der Waals surface area contributed by atoms with Gasteiger partial charge in [0, 0.05) is 0 Å². The van der Waals surface area contributed by atoms with E-state index in [1.165, 1.54) is 149 Å². The van der Waals surface area contributed by atoms with Crippen molar-refractivity contribution in [3.63, 3.8) is 0 Å². The Kier molecular flexibility index (Phi) is 21.9. The van der Waals surface area contributed by atoms with Gasteiger partial charge in [-0.2, -0.15) is 0 Å². The third kappa shape index (κ3) is 20.1. The highest BCUT2D eigenvalue weighted by atomic mass is 15.1. The van der Waals surface area contributed by atoms with Crippen LogP contribution in [0, 0.1) is 45.3 Å². The largest absolute Gasteiger partial charge is 0.303 e. The van der Waals surface area contributed by atoms with Gasteiger partial charge in [-0.25, -0.2) is 0 Å². The molecule has 0 aromatic heterocycles. The normalized spacial score (nSPS) is 22.3. The molecule has 4 fully saturated rings. The van der Waals surface area contributed by atoms with Crippen LogP contribution in [0.1, 0.15) is 194 Å². The first-order chi connectivity index (χ1) is 22.7. The molecule has 3 heteroatoms. The van der Waals surface area contributed by atoms with Crippen LogP contribution >= 0.6 is 0 Å². The summed E-state index contributed by atoms with van der Waals surface area (Å²) >= 11 is 0. The van der Waals surface area contributed by atoms with Crippen LogP contribution in [0.5, 0.6) is 0 Å². The Bertz CT molecular complexity index is 691. The zero-order chi connectivity index (χ0) is 37.3. The topological polar surface area (TPSA) is 9.72 Å². The molecule has 49 heavy (non-hydrogen) atoms. The SMILES string of the molecule is CC(C)(C)C1CCCCC1.CCCN1CCC(C(C)(C)C)CC1.CCCN1CCC(C(C)(C)C)CC1.CCCN1CCC(C(C)(C)C)CC1. The summed E-state index contributed by atoms with van der Waals surface area (Å²) in [5.74, 6) is 3.84. The van der Waals surface area contributed by atoms with Gasteiger partial charge < -0.3 is 14.7 Å². The molecule has 0 bridgehead atoms. The second-order valence-corrected chi connectivity index (χ2v) is 21.1. The number of likely N-dealkylation sites (tertiary alicyclic amines) is 3. The molecular weight excluding hydrogens is 595 g/mol. The highest BCUT2D eigenvalue weighted by molar-refractivity contribution is 4.82. The summed E-state index contributed by atoms with van der Waals surface area (Å²) in [5, 5.41) is 0. The van der Waals surface area contributed by atoms with E-state index < -0.39 is 0 Å². The van der Waals surface area contributed by atoms with Gasteiger partial charge in [-0.05, 0) is 175 Å². The van der Waals surface area contributed by atoms with Crippen molar-refractivity contribution >= 4 is 0 Å². The molecular formula is C46H95N3. The van der Waals surface area contributed by atoms with E-state index in [1.54, 1.807) is 0 Å². The van der Waals surface area contributed by atoms with Gasteiger partial charge in [-0.3, -0.25) is 0 Å². The number of nitrogens with zero attached hydrogens (tertiary/aromatic N) is 3. The predicted octanol–water partition coefficient (Wildman–Crippen LogP) is 13.1. The van der Waals surface area contributed by atoms with Crippen LogP contribution in [-0.2, 0) is 0 Å². The third-order valence-corrected chi connectivity index (χ3v) is 12.9. The van der Waals surface area contributed by atoms with Crippen molar-refractivity contribution < 1.29 is 0 Å². The monoisotopic (exact) mass is 690 g/mol. The van der Waals surface area contributed by atoms with Crippen molar-refractivity contribution in [1.82, 2.24) is 14.7 Å². The van der Waals surface area contributed by atoms with Crippen LogP contribution in [0.25, 0.3) is 0 Å². The van der Waals surface area contributed by atoms with Gasteiger partial charge in [-0.1, -0.05) is 123 Å². The van der Waals surface area contributed by atoms with E-state index in [4.69, 9.17) is 0 Å². The Morgan fingerprint density at radius 1 is 0.327 bits per heavy atom. The molecule has 3 aliphatic heterocycles. The van der Waals surface area contributed by atoms with Gasteiger partial charge in [0.05, 0.1) is 0 Å². The van der Waals surface area contributed by atoms with Crippen LogP contribution in [0.15, 0.2) is 0 Å². The van der Waals surface area contributed by atoms with Crippen molar-refractivity contribution in [2.45, 2.75) is 194 Å². The van der Waals surface area contributed by atoms with Crippen LogP contribution < -0.4 is 0 Å². The lowest BCUT2D eigenvalue weighted by Gasteiger charge is -2.38. The van der Waals surface area contributed by atoms with E-state index in [-0.39, 0.29) is 0 Å². The Hall–Kier alpha value is -0.120.